The van der Waals surface area contributed by atoms with Crippen LogP contribution in [-0.4, -0.2) is 47.8 Å². The molecule has 2 atom stereocenters. The number of nitrogens with one attached hydrogen (secondary N) is 3. The molecular formula is C24H37N5O3. The van der Waals surface area contributed by atoms with Crippen LogP contribution in [0.1, 0.15) is 69.9 Å². The number of nitrogens with two attached hydrogens (primary N) is 1. The second-order valence-electron chi connectivity index (χ2n) is 9.38. The first kappa shape index (κ1) is 24.2. The van der Waals surface area contributed by atoms with E-state index in [1.54, 1.807) is 11.8 Å². The number of hydrogen-bond donors (Lipinski definition) is 4. The number of likely N-dealkylation sites (tertiary alicyclic amines) is 1. The predicted molar refractivity (Wildman–Crippen MR) is 124 cm³/mol. The Balaban J connectivity index is 1.91. The molecule has 176 valence electrons. The first-order valence-electron chi connectivity index (χ1n) is 11.6. The second kappa shape index (κ2) is 10.0. The Hall–Kier alpha value is -2.45. The van der Waals surface area contributed by atoms with Gasteiger partial charge in [-0.05, 0) is 43.6 Å². The third kappa shape index (κ3) is 4.38. The largest absolute Gasteiger partial charge is 0.350 e. The number of nitrogens with zero attached hydrogens (tertiary/aromatic N) is 1. The maximum atomic E-state index is 13.9. The highest BCUT2D eigenvalue weighted by Gasteiger charge is 2.60. The van der Waals surface area contributed by atoms with E-state index in [-0.39, 0.29) is 29.6 Å². The molecule has 3 rings (SSSR count). The van der Waals surface area contributed by atoms with Gasteiger partial charge < -0.3 is 16.0 Å². The Labute approximate surface area is 190 Å². The lowest BCUT2D eigenvalue weighted by Gasteiger charge is -2.52. The number of hydroxylamine groups is 1. The van der Waals surface area contributed by atoms with Crippen LogP contribution < -0.4 is 16.5 Å². The molecule has 1 saturated heterocycles. The number of benzene rings is 1. The van der Waals surface area contributed by atoms with Crippen LogP contribution in [0.25, 0.3) is 0 Å². The first-order valence-corrected chi connectivity index (χ1v) is 11.6. The van der Waals surface area contributed by atoms with Crippen molar-refractivity contribution in [3.63, 3.8) is 0 Å². The molecule has 1 aromatic rings. The molecule has 32 heavy (non-hydrogen) atoms. The van der Waals surface area contributed by atoms with Gasteiger partial charge in [-0.2, -0.15) is 0 Å². The number of amidine groups is 1. The number of hydrogen-bond acceptors (Lipinski definition) is 5. The van der Waals surface area contributed by atoms with E-state index in [0.29, 0.717) is 18.5 Å². The van der Waals surface area contributed by atoms with Gasteiger partial charge >= 0.3 is 0 Å². The fourth-order valence-corrected chi connectivity index (χ4v) is 5.64. The van der Waals surface area contributed by atoms with E-state index in [1.165, 1.54) is 7.11 Å². The number of carbonyl (C=O) groups is 2. The van der Waals surface area contributed by atoms with E-state index in [2.05, 4.69) is 17.7 Å². The van der Waals surface area contributed by atoms with E-state index in [4.69, 9.17) is 16.0 Å². The van der Waals surface area contributed by atoms with Crippen molar-refractivity contribution in [1.82, 2.24) is 15.7 Å². The standard InChI is InChI=1S/C24H37N5O3/c1-17(25)21(30)29-15-9-14-24(29,23(2)12-7-4-8-13-23)22(31)27-16-18-10-5-6-11-19(18)20(26)28-32-3/h5-6,10-11,17H,4,7-9,12-16,25H2,1-3H3,(H2,26,28)(H,27,31)/t17-,24-/m0/s1. The van der Waals surface area contributed by atoms with Crippen molar-refractivity contribution in [2.75, 3.05) is 13.7 Å². The van der Waals surface area contributed by atoms with Crippen molar-refractivity contribution in [2.45, 2.75) is 76.9 Å². The normalized spacial score (nSPS) is 23.4. The van der Waals surface area contributed by atoms with E-state index in [0.717, 1.165) is 44.1 Å². The summed E-state index contributed by atoms with van der Waals surface area (Å²) in [6.07, 6.45) is 6.57. The van der Waals surface area contributed by atoms with Crippen molar-refractivity contribution in [2.24, 2.45) is 11.1 Å². The molecule has 1 heterocycles. The van der Waals surface area contributed by atoms with Gasteiger partial charge in [-0.25, -0.2) is 5.48 Å². The quantitative estimate of drug-likeness (QED) is 0.293. The van der Waals surface area contributed by atoms with Crippen LogP contribution in [0.3, 0.4) is 0 Å². The average molecular weight is 444 g/mol. The van der Waals surface area contributed by atoms with Crippen molar-refractivity contribution in [3.8, 4) is 0 Å². The number of carbonyl (C=O) groups excluding carboxylic acids is 2. The van der Waals surface area contributed by atoms with Gasteiger partial charge in [-0.1, -0.05) is 50.5 Å². The van der Waals surface area contributed by atoms with Crippen molar-refractivity contribution in [3.05, 3.63) is 35.4 Å². The molecule has 2 fully saturated rings. The highest BCUT2D eigenvalue weighted by Crippen LogP contribution is 2.52. The molecule has 2 amide bonds. The summed E-state index contributed by atoms with van der Waals surface area (Å²) in [5.41, 5.74) is 8.81. The molecule has 8 heteroatoms. The topological polar surface area (TPSA) is 121 Å². The smallest absolute Gasteiger partial charge is 0.246 e. The molecule has 1 aliphatic carbocycles. The van der Waals surface area contributed by atoms with Crippen LogP contribution in [0.15, 0.2) is 24.3 Å². The SMILES string of the molecule is CONC(=N)c1ccccc1CNC(=O)[C@]1(C2(C)CCCCC2)CCCN1C(=O)[C@H](C)N. The van der Waals surface area contributed by atoms with Crippen molar-refractivity contribution < 1.29 is 14.4 Å². The Morgan fingerprint density at radius 2 is 1.88 bits per heavy atom. The molecule has 1 saturated carbocycles. The minimum atomic E-state index is -0.897. The van der Waals surface area contributed by atoms with E-state index in [9.17, 15) is 9.59 Å². The van der Waals surface area contributed by atoms with Crippen LogP contribution in [-0.2, 0) is 21.0 Å². The zero-order chi connectivity index (χ0) is 23.4. The molecule has 0 bridgehead atoms. The van der Waals surface area contributed by atoms with E-state index >= 15 is 0 Å². The molecule has 0 aromatic heterocycles. The fraction of sp³-hybridized carbons (Fsp3) is 0.625. The number of rotatable bonds is 7. The summed E-state index contributed by atoms with van der Waals surface area (Å²) in [4.78, 5) is 33.7. The molecule has 8 nitrogen and oxygen atoms in total. The van der Waals surface area contributed by atoms with Gasteiger partial charge in [0, 0.05) is 18.7 Å². The minimum Gasteiger partial charge on any atom is -0.350 e. The Morgan fingerprint density at radius 3 is 2.53 bits per heavy atom. The van der Waals surface area contributed by atoms with Gasteiger partial charge in [-0.3, -0.25) is 19.8 Å². The second-order valence-corrected chi connectivity index (χ2v) is 9.38. The summed E-state index contributed by atoms with van der Waals surface area (Å²) >= 11 is 0. The van der Waals surface area contributed by atoms with Crippen LogP contribution in [0, 0.1) is 10.8 Å². The molecule has 0 unspecified atom stereocenters. The summed E-state index contributed by atoms with van der Waals surface area (Å²) in [7, 11) is 1.46. The molecule has 2 aliphatic rings. The van der Waals surface area contributed by atoms with Gasteiger partial charge in [0.25, 0.3) is 0 Å². The van der Waals surface area contributed by atoms with Gasteiger partial charge in [-0.15, -0.1) is 0 Å². The van der Waals surface area contributed by atoms with Crippen LogP contribution in [0.2, 0.25) is 0 Å². The zero-order valence-corrected chi connectivity index (χ0v) is 19.5. The summed E-state index contributed by atoms with van der Waals surface area (Å²) in [5.74, 6) is -0.147. The molecule has 1 aromatic carbocycles. The van der Waals surface area contributed by atoms with Gasteiger partial charge in [0.05, 0.1) is 13.2 Å². The lowest BCUT2D eigenvalue weighted by molar-refractivity contribution is -0.156. The third-order valence-corrected chi connectivity index (χ3v) is 7.30. The molecule has 5 N–H and O–H groups in total. The lowest BCUT2D eigenvalue weighted by Crippen LogP contribution is -2.67. The van der Waals surface area contributed by atoms with Crippen molar-refractivity contribution in [1.29, 1.82) is 5.41 Å². The lowest BCUT2D eigenvalue weighted by atomic mass is 9.61. The van der Waals surface area contributed by atoms with Crippen molar-refractivity contribution >= 4 is 17.6 Å². The van der Waals surface area contributed by atoms with E-state index in [1.807, 2.05) is 24.3 Å². The summed E-state index contributed by atoms with van der Waals surface area (Å²) < 4.78 is 0. The maximum absolute atomic E-state index is 13.9. The minimum absolute atomic E-state index is 0.116. The third-order valence-electron chi connectivity index (χ3n) is 7.30. The Kier molecular flexibility index (Phi) is 7.56. The predicted octanol–water partition coefficient (Wildman–Crippen LogP) is 2.46. The monoisotopic (exact) mass is 443 g/mol. The Morgan fingerprint density at radius 1 is 1.19 bits per heavy atom. The molecule has 0 spiro atoms. The summed E-state index contributed by atoms with van der Waals surface area (Å²) in [6.45, 7) is 4.69. The average Bonchev–Trinajstić information content (AvgIpc) is 3.24. The zero-order valence-electron chi connectivity index (χ0n) is 19.5. The van der Waals surface area contributed by atoms with Crippen LogP contribution in [0.5, 0.6) is 0 Å². The highest BCUT2D eigenvalue weighted by atomic mass is 16.6. The van der Waals surface area contributed by atoms with Gasteiger partial charge in [0.15, 0.2) is 0 Å². The fourth-order valence-electron chi connectivity index (χ4n) is 5.64. The summed E-state index contributed by atoms with van der Waals surface area (Å²) in [5, 5.41) is 11.3. The molecular weight excluding hydrogens is 406 g/mol. The molecule has 0 radical (unpaired) electrons. The van der Waals surface area contributed by atoms with E-state index < -0.39 is 11.6 Å². The number of amides is 2. The maximum Gasteiger partial charge on any atom is 0.246 e. The molecule has 1 aliphatic heterocycles. The van der Waals surface area contributed by atoms with Gasteiger partial charge in [0.2, 0.25) is 11.8 Å². The Bertz CT molecular complexity index is 850. The summed E-state index contributed by atoms with van der Waals surface area (Å²) in [6, 6.07) is 6.78. The first-order chi connectivity index (χ1) is 15.3. The van der Waals surface area contributed by atoms with Gasteiger partial charge in [0.1, 0.15) is 11.4 Å². The highest BCUT2D eigenvalue weighted by molar-refractivity contribution is 5.97. The van der Waals surface area contributed by atoms with Crippen LogP contribution in [0.4, 0.5) is 0 Å². The van der Waals surface area contributed by atoms with Crippen LogP contribution >= 0.6 is 0 Å².